The molecule has 3 aromatic heterocycles. The Morgan fingerprint density at radius 1 is 1.13 bits per heavy atom. The molecule has 1 unspecified atom stereocenters. The van der Waals surface area contributed by atoms with Crippen molar-refractivity contribution in [2.75, 3.05) is 10.6 Å². The summed E-state index contributed by atoms with van der Waals surface area (Å²) in [6.07, 6.45) is 7.02. The van der Waals surface area contributed by atoms with Crippen molar-refractivity contribution in [3.8, 4) is 11.4 Å². The number of carbonyl (C=O) groups is 1. The van der Waals surface area contributed by atoms with Crippen molar-refractivity contribution < 1.29 is 14.5 Å². The van der Waals surface area contributed by atoms with Gasteiger partial charge in [-0.2, -0.15) is 0 Å². The van der Waals surface area contributed by atoms with Crippen LogP contribution in [0.4, 0.5) is 11.6 Å². The first-order valence-electron chi connectivity index (χ1n) is 9.93. The van der Waals surface area contributed by atoms with E-state index in [1.807, 2.05) is 72.5 Å². The number of aromatic amines is 2. The Balaban J connectivity index is 1.60. The maximum absolute atomic E-state index is 13.4. The number of amides is 1. The van der Waals surface area contributed by atoms with E-state index in [1.54, 1.807) is 18.5 Å². The second-order valence-electron chi connectivity index (χ2n) is 7.23. The summed E-state index contributed by atoms with van der Waals surface area (Å²) in [6.45, 7) is 1.89. The number of nitrogens with one attached hydrogen (secondary N) is 4. The molecule has 0 bridgehead atoms. The van der Waals surface area contributed by atoms with Crippen LogP contribution in [0.3, 0.4) is 0 Å². The van der Waals surface area contributed by atoms with Gasteiger partial charge in [-0.25, -0.2) is 15.4 Å². The molecule has 0 saturated carbocycles. The standard InChI is InChI=1S/C23H19N7O/c1-15-19(22(31)27-18-10-6-12-25-14-18)20(17-9-5-11-24-13-17)30-23(26-15)28-21(29-30)16-7-3-2-4-8-16/h2-14,20H,1H3,(H2,26,27,28,29,31)/p+2. The van der Waals surface area contributed by atoms with Gasteiger partial charge in [0.15, 0.2) is 18.4 Å². The maximum Gasteiger partial charge on any atom is 0.417 e. The quantitative estimate of drug-likeness (QED) is 0.449. The van der Waals surface area contributed by atoms with E-state index in [0.717, 1.165) is 22.6 Å². The zero-order valence-corrected chi connectivity index (χ0v) is 16.8. The predicted octanol–water partition coefficient (Wildman–Crippen LogP) is 2.50. The average molecular weight is 411 g/mol. The van der Waals surface area contributed by atoms with Gasteiger partial charge in [0.25, 0.3) is 5.91 Å². The Morgan fingerprint density at radius 2 is 2.00 bits per heavy atom. The van der Waals surface area contributed by atoms with Crippen LogP contribution >= 0.6 is 0 Å². The number of aromatic nitrogens is 5. The van der Waals surface area contributed by atoms with Crippen LogP contribution in [0.1, 0.15) is 18.5 Å². The van der Waals surface area contributed by atoms with Gasteiger partial charge >= 0.3 is 5.95 Å². The number of hydrogen-bond donors (Lipinski definition) is 3. The van der Waals surface area contributed by atoms with Crippen molar-refractivity contribution in [1.82, 2.24) is 15.1 Å². The average Bonchev–Trinajstić information content (AvgIpc) is 3.23. The van der Waals surface area contributed by atoms with Crippen LogP contribution in [0.15, 0.2) is 90.7 Å². The van der Waals surface area contributed by atoms with Crippen LogP contribution in [-0.4, -0.2) is 21.0 Å². The van der Waals surface area contributed by atoms with Crippen LogP contribution < -0.4 is 20.3 Å². The van der Waals surface area contributed by atoms with Crippen LogP contribution in [0.25, 0.3) is 11.4 Å². The number of fused-ring (bicyclic) bond motifs is 1. The van der Waals surface area contributed by atoms with Gasteiger partial charge in [0.1, 0.15) is 0 Å². The minimum Gasteiger partial charge on any atom is -0.321 e. The van der Waals surface area contributed by atoms with Crippen LogP contribution in [0, 0.1) is 0 Å². The van der Waals surface area contributed by atoms with E-state index >= 15 is 0 Å². The summed E-state index contributed by atoms with van der Waals surface area (Å²) < 4.78 is 1.89. The second-order valence-corrected chi connectivity index (χ2v) is 7.23. The second kappa shape index (κ2) is 7.83. The van der Waals surface area contributed by atoms with Crippen molar-refractivity contribution >= 4 is 17.5 Å². The lowest BCUT2D eigenvalue weighted by Crippen LogP contribution is -2.50. The number of rotatable bonds is 4. The summed E-state index contributed by atoms with van der Waals surface area (Å²) >= 11 is 0. The molecular weight excluding hydrogens is 390 g/mol. The summed E-state index contributed by atoms with van der Waals surface area (Å²) in [7, 11) is 0. The molecule has 1 amide bonds. The highest BCUT2D eigenvalue weighted by atomic mass is 16.1. The molecule has 1 aliphatic heterocycles. The largest absolute Gasteiger partial charge is 0.417 e. The number of allylic oxidation sites excluding steroid dienone is 1. The number of benzene rings is 1. The number of anilines is 2. The van der Waals surface area contributed by atoms with Gasteiger partial charge in [0, 0.05) is 17.8 Å². The third-order valence-corrected chi connectivity index (χ3v) is 5.17. The zero-order chi connectivity index (χ0) is 21.2. The minimum absolute atomic E-state index is 0.208. The van der Waals surface area contributed by atoms with Gasteiger partial charge in [0.05, 0.1) is 28.7 Å². The minimum atomic E-state index is -0.393. The summed E-state index contributed by atoms with van der Waals surface area (Å²) in [5, 5.41) is 9.60. The van der Waals surface area contributed by atoms with Crippen LogP contribution in [0.2, 0.25) is 0 Å². The molecular formula is C23H21N7O+2. The Morgan fingerprint density at radius 3 is 2.74 bits per heavy atom. The first-order valence-corrected chi connectivity index (χ1v) is 9.93. The van der Waals surface area contributed by atoms with Gasteiger partial charge in [-0.05, 0) is 42.2 Å². The third kappa shape index (κ3) is 3.55. The molecule has 1 atom stereocenters. The highest BCUT2D eigenvalue weighted by Crippen LogP contribution is 2.30. The molecule has 5 rings (SSSR count). The van der Waals surface area contributed by atoms with E-state index in [-0.39, 0.29) is 5.91 Å². The Bertz CT molecular complexity index is 1250. The summed E-state index contributed by atoms with van der Waals surface area (Å²) in [5.74, 6) is 1.15. The molecule has 4 N–H and O–H groups in total. The fourth-order valence-corrected chi connectivity index (χ4v) is 3.74. The smallest absolute Gasteiger partial charge is 0.321 e. The van der Waals surface area contributed by atoms with E-state index in [9.17, 15) is 4.79 Å². The van der Waals surface area contributed by atoms with Gasteiger partial charge in [0.2, 0.25) is 5.82 Å². The molecule has 31 heavy (non-hydrogen) atoms. The molecule has 0 radical (unpaired) electrons. The number of nitrogens with zero attached hydrogens (tertiary/aromatic N) is 3. The molecule has 0 spiro atoms. The summed E-state index contributed by atoms with van der Waals surface area (Å²) in [5.41, 5.74) is 3.85. The lowest BCUT2D eigenvalue weighted by molar-refractivity contribution is -0.746. The molecule has 4 heterocycles. The third-order valence-electron chi connectivity index (χ3n) is 5.17. The first kappa shape index (κ1) is 18.7. The lowest BCUT2D eigenvalue weighted by Gasteiger charge is -2.23. The molecule has 0 saturated heterocycles. The van der Waals surface area contributed by atoms with Crippen molar-refractivity contribution in [3.05, 3.63) is 96.2 Å². The number of carbonyl (C=O) groups excluding carboxylic acids is 1. The SMILES string of the molecule is CC1=C(C(=O)Nc2cccnc2)C(c2ccc[nH+]c2)[n+]2[nH]c(-c3ccccc3)nc2N1. The van der Waals surface area contributed by atoms with Gasteiger partial charge in [-0.3, -0.25) is 9.78 Å². The van der Waals surface area contributed by atoms with E-state index < -0.39 is 6.04 Å². The molecule has 8 nitrogen and oxygen atoms in total. The van der Waals surface area contributed by atoms with Gasteiger partial charge in [-0.1, -0.05) is 18.2 Å². The van der Waals surface area contributed by atoms with E-state index in [0.29, 0.717) is 17.2 Å². The maximum atomic E-state index is 13.4. The monoisotopic (exact) mass is 411 g/mol. The predicted molar refractivity (Wildman–Crippen MR) is 115 cm³/mol. The molecule has 152 valence electrons. The Labute approximate surface area is 178 Å². The molecule has 4 aromatic rings. The molecule has 1 aliphatic rings. The van der Waals surface area contributed by atoms with Gasteiger partial charge in [-0.15, -0.1) is 4.68 Å². The molecule has 0 fully saturated rings. The number of hydrogen-bond acceptors (Lipinski definition) is 4. The number of pyridine rings is 2. The van der Waals surface area contributed by atoms with Gasteiger partial charge < -0.3 is 5.32 Å². The highest BCUT2D eigenvalue weighted by molar-refractivity contribution is 6.05. The Kier molecular flexibility index (Phi) is 4.72. The molecule has 8 heteroatoms. The molecule has 0 aliphatic carbocycles. The summed E-state index contributed by atoms with van der Waals surface area (Å²) in [4.78, 5) is 25.3. The fourth-order valence-electron chi connectivity index (χ4n) is 3.74. The van der Waals surface area contributed by atoms with Crippen molar-refractivity contribution in [2.24, 2.45) is 0 Å². The van der Waals surface area contributed by atoms with Crippen molar-refractivity contribution in [2.45, 2.75) is 13.0 Å². The van der Waals surface area contributed by atoms with E-state index in [1.165, 1.54) is 0 Å². The first-order chi connectivity index (χ1) is 15.2. The normalized spacial score (nSPS) is 15.2. The van der Waals surface area contributed by atoms with E-state index in [2.05, 4.69) is 25.7 Å². The summed E-state index contributed by atoms with van der Waals surface area (Å²) in [6, 6.07) is 17.0. The van der Waals surface area contributed by atoms with Crippen LogP contribution in [-0.2, 0) is 4.79 Å². The molecule has 1 aromatic carbocycles. The lowest BCUT2D eigenvalue weighted by atomic mass is 9.96. The Hall–Kier alpha value is -4.33. The van der Waals surface area contributed by atoms with E-state index in [4.69, 9.17) is 4.98 Å². The van der Waals surface area contributed by atoms with Crippen LogP contribution in [0.5, 0.6) is 0 Å². The number of H-pyrrole nitrogens is 2. The van der Waals surface area contributed by atoms with Crippen molar-refractivity contribution in [1.29, 1.82) is 0 Å². The topological polar surface area (TPSA) is 101 Å². The fraction of sp³-hybridized carbons (Fsp3) is 0.0870. The zero-order valence-electron chi connectivity index (χ0n) is 16.8. The highest BCUT2D eigenvalue weighted by Gasteiger charge is 2.40. The van der Waals surface area contributed by atoms with Crippen molar-refractivity contribution in [3.63, 3.8) is 0 Å².